The van der Waals surface area contributed by atoms with Crippen LogP contribution >= 0.6 is 11.6 Å². The normalized spacial score (nSPS) is 14.0. The van der Waals surface area contributed by atoms with Crippen LogP contribution in [0, 0.1) is 5.82 Å². The quantitative estimate of drug-likeness (QED) is 0.871. The van der Waals surface area contributed by atoms with Gasteiger partial charge in [-0.15, -0.1) is 0 Å². The SMILES string of the molecule is O=C(COc1c(Cl)ccc2c1CCNCC2)c1ccc(F)cc1. The maximum atomic E-state index is 12.9. The van der Waals surface area contributed by atoms with Crippen molar-refractivity contribution in [1.82, 2.24) is 5.32 Å². The fourth-order valence-corrected chi connectivity index (χ4v) is 2.95. The van der Waals surface area contributed by atoms with Crippen LogP contribution in [0.1, 0.15) is 21.5 Å². The van der Waals surface area contributed by atoms with Crippen LogP contribution in [0.4, 0.5) is 4.39 Å². The molecule has 1 heterocycles. The van der Waals surface area contributed by atoms with Gasteiger partial charge in [0.1, 0.15) is 11.6 Å². The van der Waals surface area contributed by atoms with Crippen molar-refractivity contribution >= 4 is 17.4 Å². The molecule has 5 heteroatoms. The lowest BCUT2D eigenvalue weighted by Crippen LogP contribution is -2.16. The number of nitrogens with one attached hydrogen (secondary N) is 1. The monoisotopic (exact) mass is 333 g/mol. The third-order valence-corrected chi connectivity index (χ3v) is 4.24. The number of rotatable bonds is 4. The molecule has 2 aromatic rings. The molecule has 0 radical (unpaired) electrons. The first-order valence-corrected chi connectivity index (χ1v) is 7.95. The van der Waals surface area contributed by atoms with Crippen molar-refractivity contribution in [2.45, 2.75) is 12.8 Å². The minimum Gasteiger partial charge on any atom is -0.484 e. The lowest BCUT2D eigenvalue weighted by atomic mass is 10.0. The summed E-state index contributed by atoms with van der Waals surface area (Å²) < 4.78 is 18.6. The van der Waals surface area contributed by atoms with Crippen LogP contribution in [-0.2, 0) is 12.8 Å². The van der Waals surface area contributed by atoms with Crippen molar-refractivity contribution in [3.05, 3.63) is 63.9 Å². The molecule has 0 saturated heterocycles. The van der Waals surface area contributed by atoms with Crippen molar-refractivity contribution in [1.29, 1.82) is 0 Å². The molecule has 23 heavy (non-hydrogen) atoms. The highest BCUT2D eigenvalue weighted by Gasteiger charge is 2.17. The van der Waals surface area contributed by atoms with E-state index < -0.39 is 0 Å². The molecule has 0 amide bonds. The van der Waals surface area contributed by atoms with Gasteiger partial charge in [0.25, 0.3) is 0 Å². The Morgan fingerprint density at radius 2 is 1.87 bits per heavy atom. The van der Waals surface area contributed by atoms with Gasteiger partial charge in [-0.25, -0.2) is 4.39 Å². The highest BCUT2D eigenvalue weighted by molar-refractivity contribution is 6.32. The number of fused-ring (bicyclic) bond motifs is 1. The van der Waals surface area contributed by atoms with Crippen LogP contribution < -0.4 is 10.1 Å². The van der Waals surface area contributed by atoms with E-state index in [4.69, 9.17) is 16.3 Å². The van der Waals surface area contributed by atoms with Crippen LogP contribution in [0.25, 0.3) is 0 Å². The second-order valence-electron chi connectivity index (χ2n) is 5.48. The summed E-state index contributed by atoms with van der Waals surface area (Å²) >= 11 is 6.26. The predicted molar refractivity (Wildman–Crippen MR) is 88.0 cm³/mol. The smallest absolute Gasteiger partial charge is 0.200 e. The van der Waals surface area contributed by atoms with Crippen molar-refractivity contribution < 1.29 is 13.9 Å². The Labute approximate surface area is 139 Å². The molecule has 0 saturated carbocycles. The molecule has 120 valence electrons. The van der Waals surface area contributed by atoms with E-state index in [-0.39, 0.29) is 18.2 Å². The van der Waals surface area contributed by atoms with Crippen LogP contribution in [-0.4, -0.2) is 25.5 Å². The average molecular weight is 334 g/mol. The van der Waals surface area contributed by atoms with Crippen molar-refractivity contribution in [2.24, 2.45) is 0 Å². The van der Waals surface area contributed by atoms with Crippen LogP contribution in [0.2, 0.25) is 5.02 Å². The highest BCUT2D eigenvalue weighted by Crippen LogP contribution is 2.33. The third-order valence-electron chi connectivity index (χ3n) is 3.95. The molecule has 0 aromatic heterocycles. The highest BCUT2D eigenvalue weighted by atomic mass is 35.5. The minimum absolute atomic E-state index is 0.116. The summed E-state index contributed by atoms with van der Waals surface area (Å²) in [4.78, 5) is 12.2. The first-order chi connectivity index (χ1) is 11.1. The molecule has 3 nitrogen and oxygen atoms in total. The molecular formula is C18H17ClFNO2. The number of hydrogen-bond acceptors (Lipinski definition) is 3. The van der Waals surface area contributed by atoms with E-state index in [1.165, 1.54) is 29.8 Å². The Hall–Kier alpha value is -1.91. The van der Waals surface area contributed by atoms with Gasteiger partial charge in [-0.3, -0.25) is 4.79 Å². The number of ketones is 1. The predicted octanol–water partition coefficient (Wildman–Crippen LogP) is 3.43. The number of Topliss-reactive ketones (excluding diaryl/α,β-unsaturated/α-hetero) is 1. The van der Waals surface area contributed by atoms with Crippen LogP contribution in [0.15, 0.2) is 36.4 Å². The maximum Gasteiger partial charge on any atom is 0.200 e. The molecule has 0 bridgehead atoms. The second-order valence-corrected chi connectivity index (χ2v) is 5.89. The van der Waals surface area contributed by atoms with Gasteiger partial charge in [0.2, 0.25) is 0 Å². The summed E-state index contributed by atoms with van der Waals surface area (Å²) in [7, 11) is 0. The Kier molecular flexibility index (Phi) is 4.94. The summed E-state index contributed by atoms with van der Waals surface area (Å²) in [6.07, 6.45) is 1.73. The molecule has 0 aliphatic carbocycles. The Bertz CT molecular complexity index is 716. The molecule has 1 N–H and O–H groups in total. The third kappa shape index (κ3) is 3.71. The largest absolute Gasteiger partial charge is 0.484 e. The van der Waals surface area contributed by atoms with E-state index in [9.17, 15) is 9.18 Å². The van der Waals surface area contributed by atoms with E-state index in [1.54, 1.807) is 0 Å². The zero-order valence-corrected chi connectivity index (χ0v) is 13.3. The van der Waals surface area contributed by atoms with Gasteiger partial charge < -0.3 is 10.1 Å². The molecule has 0 atom stereocenters. The lowest BCUT2D eigenvalue weighted by molar-refractivity contribution is 0.0921. The summed E-state index contributed by atoms with van der Waals surface area (Å²) in [6, 6.07) is 9.26. The average Bonchev–Trinajstić information content (AvgIpc) is 2.80. The van der Waals surface area contributed by atoms with E-state index >= 15 is 0 Å². The summed E-state index contributed by atoms with van der Waals surface area (Å²) in [5.41, 5.74) is 2.68. The van der Waals surface area contributed by atoms with Gasteiger partial charge in [-0.05, 0) is 61.8 Å². The number of carbonyl (C=O) groups is 1. The Morgan fingerprint density at radius 3 is 2.65 bits per heavy atom. The first kappa shape index (κ1) is 16.0. The molecule has 3 rings (SSSR count). The van der Waals surface area contributed by atoms with Gasteiger partial charge in [0.15, 0.2) is 12.4 Å². The summed E-state index contributed by atoms with van der Waals surface area (Å²) in [5, 5.41) is 3.85. The van der Waals surface area contributed by atoms with Crippen molar-refractivity contribution in [3.8, 4) is 5.75 Å². The summed E-state index contributed by atoms with van der Waals surface area (Å²) in [5.74, 6) is 0.0140. The molecule has 0 spiro atoms. The van der Waals surface area contributed by atoms with Crippen LogP contribution in [0.5, 0.6) is 5.75 Å². The maximum absolute atomic E-state index is 12.9. The number of carbonyl (C=O) groups excluding carboxylic acids is 1. The van der Waals surface area contributed by atoms with Gasteiger partial charge >= 0.3 is 0 Å². The number of ether oxygens (including phenoxy) is 1. The molecule has 1 aliphatic heterocycles. The van der Waals surface area contributed by atoms with Crippen LogP contribution in [0.3, 0.4) is 0 Å². The fourth-order valence-electron chi connectivity index (χ4n) is 2.72. The van der Waals surface area contributed by atoms with Crippen molar-refractivity contribution in [2.75, 3.05) is 19.7 Å². The van der Waals surface area contributed by atoms with E-state index in [0.29, 0.717) is 16.3 Å². The van der Waals surface area contributed by atoms with Crippen molar-refractivity contribution in [3.63, 3.8) is 0 Å². The van der Waals surface area contributed by atoms with Gasteiger partial charge in [-0.1, -0.05) is 17.7 Å². The molecule has 0 unspecified atom stereocenters. The summed E-state index contributed by atoms with van der Waals surface area (Å²) in [6.45, 7) is 1.66. The van der Waals surface area contributed by atoms with E-state index in [1.807, 2.05) is 12.1 Å². The molecule has 2 aromatic carbocycles. The zero-order chi connectivity index (χ0) is 16.2. The number of hydrogen-bond donors (Lipinski definition) is 1. The molecule has 0 fully saturated rings. The van der Waals surface area contributed by atoms with Gasteiger partial charge in [-0.2, -0.15) is 0 Å². The van der Waals surface area contributed by atoms with Gasteiger partial charge in [0, 0.05) is 11.1 Å². The molecule has 1 aliphatic rings. The second kappa shape index (κ2) is 7.11. The topological polar surface area (TPSA) is 38.3 Å². The van der Waals surface area contributed by atoms with Gasteiger partial charge in [0.05, 0.1) is 5.02 Å². The molecular weight excluding hydrogens is 317 g/mol. The minimum atomic E-state index is -0.369. The number of halogens is 2. The number of benzene rings is 2. The Balaban J connectivity index is 1.77. The zero-order valence-electron chi connectivity index (χ0n) is 12.6. The van der Waals surface area contributed by atoms with E-state index in [0.717, 1.165) is 31.5 Å². The Morgan fingerprint density at radius 1 is 1.13 bits per heavy atom. The first-order valence-electron chi connectivity index (χ1n) is 7.57. The lowest BCUT2D eigenvalue weighted by Gasteiger charge is -2.15. The van der Waals surface area contributed by atoms with E-state index in [2.05, 4.69) is 5.32 Å². The standard InChI is InChI=1S/C18H17ClFNO2/c19-16-6-3-12-7-9-21-10-8-15(12)18(16)23-11-17(22)13-1-4-14(20)5-2-13/h1-6,21H,7-11H2. The fraction of sp³-hybridized carbons (Fsp3) is 0.278.